The molecule has 0 radical (unpaired) electrons. The van der Waals surface area contributed by atoms with Crippen LogP contribution in [0.15, 0.2) is 24.5 Å². The quantitative estimate of drug-likeness (QED) is 0.650. The maximum atomic E-state index is 5.60. The summed E-state index contributed by atoms with van der Waals surface area (Å²) in [5.74, 6) is 1.63. The van der Waals surface area contributed by atoms with Crippen LogP contribution in [-0.4, -0.2) is 21.1 Å². The number of nitrogens with zero attached hydrogens (tertiary/aromatic N) is 3. The van der Waals surface area contributed by atoms with Crippen molar-refractivity contribution in [2.45, 2.75) is 13.5 Å². The summed E-state index contributed by atoms with van der Waals surface area (Å²) in [5.41, 5.74) is 1.94. The minimum atomic E-state index is 0.646. The van der Waals surface area contributed by atoms with E-state index in [1.165, 1.54) is 0 Å². The van der Waals surface area contributed by atoms with Crippen molar-refractivity contribution in [3.63, 3.8) is 0 Å². The Labute approximate surface area is 87.5 Å². The van der Waals surface area contributed by atoms with Gasteiger partial charge in [0.25, 0.3) is 0 Å². The van der Waals surface area contributed by atoms with Gasteiger partial charge in [0, 0.05) is 18.1 Å². The molecule has 0 aliphatic carbocycles. The summed E-state index contributed by atoms with van der Waals surface area (Å²) in [6, 6.07) is 3.99. The van der Waals surface area contributed by atoms with E-state index in [1.807, 2.05) is 31.5 Å². The van der Waals surface area contributed by atoms with E-state index >= 15 is 0 Å². The van der Waals surface area contributed by atoms with Crippen LogP contribution in [0.1, 0.15) is 5.69 Å². The molecule has 0 aromatic carbocycles. The molecule has 15 heavy (non-hydrogen) atoms. The second-order valence-corrected chi connectivity index (χ2v) is 3.60. The Morgan fingerprint density at radius 3 is 3.27 bits per heavy atom. The highest BCUT2D eigenvalue weighted by atomic mass is 16.5. The van der Waals surface area contributed by atoms with E-state index in [4.69, 9.17) is 4.74 Å². The summed E-state index contributed by atoms with van der Waals surface area (Å²) >= 11 is 0. The third kappa shape index (κ3) is 1.29. The molecule has 1 aliphatic heterocycles. The first kappa shape index (κ1) is 8.47. The van der Waals surface area contributed by atoms with Crippen molar-refractivity contribution in [1.82, 2.24) is 14.5 Å². The van der Waals surface area contributed by atoms with Crippen LogP contribution in [0, 0.1) is 6.92 Å². The molecule has 2 aromatic rings. The number of ether oxygens (including phenoxy) is 1. The van der Waals surface area contributed by atoms with Gasteiger partial charge < -0.3 is 9.30 Å². The van der Waals surface area contributed by atoms with Gasteiger partial charge in [0.15, 0.2) is 0 Å². The maximum absolute atomic E-state index is 5.60. The van der Waals surface area contributed by atoms with Gasteiger partial charge in [-0.05, 0) is 19.1 Å². The molecule has 0 saturated heterocycles. The lowest BCUT2D eigenvalue weighted by atomic mass is 10.2. The van der Waals surface area contributed by atoms with Gasteiger partial charge >= 0.3 is 0 Å². The first-order valence-electron chi connectivity index (χ1n) is 4.96. The molecular formula is C11H11N3O. The lowest BCUT2D eigenvalue weighted by Gasteiger charge is -2.04. The van der Waals surface area contributed by atoms with Crippen molar-refractivity contribution < 1.29 is 4.74 Å². The molecule has 0 atom stereocenters. The van der Waals surface area contributed by atoms with E-state index in [0.717, 1.165) is 23.6 Å². The third-order valence-corrected chi connectivity index (χ3v) is 2.53. The largest absolute Gasteiger partial charge is 0.475 e. The number of imidazole rings is 1. The van der Waals surface area contributed by atoms with Crippen molar-refractivity contribution in [2.24, 2.45) is 0 Å². The standard InChI is InChI=1S/C11H11N3O/c1-8-2-3-9-10-12-4-5-14(10)6-7-15-11(9)13-8/h2-5H,6-7H2,1H3. The van der Waals surface area contributed by atoms with Gasteiger partial charge in [0.1, 0.15) is 12.4 Å². The molecule has 0 amide bonds. The molecule has 3 rings (SSSR count). The van der Waals surface area contributed by atoms with E-state index in [-0.39, 0.29) is 0 Å². The van der Waals surface area contributed by atoms with Gasteiger partial charge in [-0.25, -0.2) is 9.97 Å². The molecule has 3 heterocycles. The third-order valence-electron chi connectivity index (χ3n) is 2.53. The Morgan fingerprint density at radius 1 is 1.40 bits per heavy atom. The minimum Gasteiger partial charge on any atom is -0.475 e. The van der Waals surface area contributed by atoms with E-state index < -0.39 is 0 Å². The van der Waals surface area contributed by atoms with Gasteiger partial charge in [-0.2, -0.15) is 0 Å². The van der Waals surface area contributed by atoms with Gasteiger partial charge in [-0.3, -0.25) is 0 Å². The van der Waals surface area contributed by atoms with Crippen LogP contribution < -0.4 is 4.74 Å². The van der Waals surface area contributed by atoms with Gasteiger partial charge in [0.05, 0.1) is 12.1 Å². The van der Waals surface area contributed by atoms with E-state index in [1.54, 1.807) is 0 Å². The van der Waals surface area contributed by atoms with Crippen LogP contribution in [0.2, 0.25) is 0 Å². The summed E-state index contributed by atoms with van der Waals surface area (Å²) < 4.78 is 7.68. The molecule has 0 unspecified atom stereocenters. The monoisotopic (exact) mass is 201 g/mol. The average molecular weight is 201 g/mol. The Hall–Kier alpha value is -1.84. The highest BCUT2D eigenvalue weighted by Crippen LogP contribution is 2.29. The van der Waals surface area contributed by atoms with Crippen LogP contribution in [0.4, 0.5) is 0 Å². The topological polar surface area (TPSA) is 39.9 Å². The minimum absolute atomic E-state index is 0.646. The molecule has 4 nitrogen and oxygen atoms in total. The van der Waals surface area contributed by atoms with E-state index in [9.17, 15) is 0 Å². The molecule has 2 aromatic heterocycles. The number of rotatable bonds is 0. The van der Waals surface area contributed by atoms with Crippen molar-refractivity contribution >= 4 is 0 Å². The van der Waals surface area contributed by atoms with Gasteiger partial charge in [0.2, 0.25) is 5.88 Å². The molecule has 0 bridgehead atoms. The van der Waals surface area contributed by atoms with E-state index in [2.05, 4.69) is 14.5 Å². The Morgan fingerprint density at radius 2 is 2.33 bits per heavy atom. The molecule has 0 N–H and O–H groups in total. The molecule has 0 saturated carbocycles. The van der Waals surface area contributed by atoms with Crippen LogP contribution in [0.3, 0.4) is 0 Å². The summed E-state index contributed by atoms with van der Waals surface area (Å²) in [4.78, 5) is 8.71. The predicted molar refractivity (Wildman–Crippen MR) is 55.7 cm³/mol. The number of aryl methyl sites for hydroxylation is 1. The Balaban J connectivity index is 2.25. The van der Waals surface area contributed by atoms with E-state index in [0.29, 0.717) is 12.5 Å². The second kappa shape index (κ2) is 3.08. The molecule has 0 spiro atoms. The average Bonchev–Trinajstić information content (AvgIpc) is 2.61. The Kier molecular flexibility index (Phi) is 1.74. The van der Waals surface area contributed by atoms with Crippen LogP contribution >= 0.6 is 0 Å². The number of hydrogen-bond acceptors (Lipinski definition) is 3. The van der Waals surface area contributed by atoms with Crippen molar-refractivity contribution in [1.29, 1.82) is 0 Å². The summed E-state index contributed by atoms with van der Waals surface area (Å²) in [7, 11) is 0. The zero-order valence-electron chi connectivity index (χ0n) is 8.47. The fraction of sp³-hybridized carbons (Fsp3) is 0.273. The zero-order valence-corrected chi connectivity index (χ0v) is 8.47. The Bertz CT molecular complexity index is 504. The number of aromatic nitrogens is 3. The van der Waals surface area contributed by atoms with Crippen LogP contribution in [0.25, 0.3) is 11.4 Å². The maximum Gasteiger partial charge on any atom is 0.224 e. The van der Waals surface area contributed by atoms with Gasteiger partial charge in [-0.15, -0.1) is 0 Å². The smallest absolute Gasteiger partial charge is 0.224 e. The molecule has 0 fully saturated rings. The normalized spacial score (nSPS) is 13.7. The molecule has 76 valence electrons. The summed E-state index contributed by atoms with van der Waals surface area (Å²) in [6.07, 6.45) is 3.78. The summed E-state index contributed by atoms with van der Waals surface area (Å²) in [6.45, 7) is 3.43. The lowest BCUT2D eigenvalue weighted by molar-refractivity contribution is 0.295. The fourth-order valence-corrected chi connectivity index (χ4v) is 1.79. The van der Waals surface area contributed by atoms with Crippen LogP contribution in [0.5, 0.6) is 5.88 Å². The first-order valence-corrected chi connectivity index (χ1v) is 4.96. The fourth-order valence-electron chi connectivity index (χ4n) is 1.79. The van der Waals surface area contributed by atoms with Crippen molar-refractivity contribution in [2.75, 3.05) is 6.61 Å². The number of pyridine rings is 1. The molecule has 4 heteroatoms. The SMILES string of the molecule is Cc1ccc2c(n1)OCCn1ccnc1-2. The molecule has 1 aliphatic rings. The molecular weight excluding hydrogens is 190 g/mol. The highest BCUT2D eigenvalue weighted by Gasteiger charge is 2.16. The lowest BCUT2D eigenvalue weighted by Crippen LogP contribution is -2.04. The van der Waals surface area contributed by atoms with Crippen molar-refractivity contribution in [3.8, 4) is 17.3 Å². The summed E-state index contributed by atoms with van der Waals surface area (Å²) in [5, 5.41) is 0. The van der Waals surface area contributed by atoms with Crippen LogP contribution in [-0.2, 0) is 6.54 Å². The number of hydrogen-bond donors (Lipinski definition) is 0. The second-order valence-electron chi connectivity index (χ2n) is 3.60. The first-order chi connectivity index (χ1) is 7.34. The predicted octanol–water partition coefficient (Wildman–Crippen LogP) is 1.65. The van der Waals surface area contributed by atoms with Crippen molar-refractivity contribution in [3.05, 3.63) is 30.2 Å². The van der Waals surface area contributed by atoms with Gasteiger partial charge in [-0.1, -0.05) is 0 Å². The zero-order chi connectivity index (χ0) is 10.3. The number of fused-ring (bicyclic) bond motifs is 3. The highest BCUT2D eigenvalue weighted by molar-refractivity contribution is 5.62.